The van der Waals surface area contributed by atoms with Gasteiger partial charge >= 0.3 is 6.18 Å². The van der Waals surface area contributed by atoms with E-state index in [2.05, 4.69) is 26.6 Å². The molecular weight excluding hydrogens is 526 g/mol. The minimum absolute atomic E-state index is 0.0384. The smallest absolute Gasteiger partial charge is 0.378 e. The number of fused-ring (bicyclic) bond motifs is 1. The molecule has 4 rings (SSSR count). The van der Waals surface area contributed by atoms with Crippen molar-refractivity contribution in [3.8, 4) is 0 Å². The summed E-state index contributed by atoms with van der Waals surface area (Å²) >= 11 is 0. The van der Waals surface area contributed by atoms with E-state index in [1.807, 2.05) is 0 Å². The lowest BCUT2D eigenvalue weighted by Crippen LogP contribution is -2.37. The van der Waals surface area contributed by atoms with E-state index in [1.54, 1.807) is 11.8 Å². The van der Waals surface area contributed by atoms with Gasteiger partial charge in [-0.2, -0.15) is 13.2 Å². The van der Waals surface area contributed by atoms with Crippen molar-refractivity contribution in [3.63, 3.8) is 0 Å². The molecule has 0 bridgehead atoms. The summed E-state index contributed by atoms with van der Waals surface area (Å²) in [7, 11) is -1.43. The lowest BCUT2D eigenvalue weighted by Gasteiger charge is -2.29. The van der Waals surface area contributed by atoms with Crippen LogP contribution in [0.2, 0.25) is 0 Å². The van der Waals surface area contributed by atoms with E-state index >= 15 is 0 Å². The maximum Gasteiger partial charge on any atom is 0.451 e. The molecule has 1 fully saturated rings. The molecule has 3 aromatic rings. The Morgan fingerprint density at radius 1 is 1.21 bits per heavy atom. The number of nitrogens with zero attached hydrogens (tertiary/aromatic N) is 3. The number of nitrogens with one attached hydrogen (secondary N) is 2. The van der Waals surface area contributed by atoms with Crippen molar-refractivity contribution in [1.29, 1.82) is 0 Å². The molecule has 1 amide bonds. The molecule has 38 heavy (non-hydrogen) atoms. The Hall–Kier alpha value is -3.58. The molecule has 1 saturated heterocycles. The fourth-order valence-electron chi connectivity index (χ4n) is 4.11. The van der Waals surface area contributed by atoms with Crippen LogP contribution in [0.5, 0.6) is 0 Å². The van der Waals surface area contributed by atoms with E-state index in [0.717, 1.165) is 0 Å². The number of alkyl halides is 3. The monoisotopic (exact) mass is 551 g/mol. The van der Waals surface area contributed by atoms with Gasteiger partial charge in [-0.3, -0.25) is 4.79 Å². The standard InChI is InChI=1S/C25H25F4N5O3S/c1-4-15-11-17(19(26)13-21(15)33-38(3)36)14(2)30-23(35)16-5-6-20-18(12-16)22(34-7-9-37-10-8-34)32-24(31-20)25(27,28)29/h4-6,11-14,33H,1,7-10H2,2-3H3,(H,30,35)/t14-,38?/m1/s1. The van der Waals surface area contributed by atoms with Crippen molar-refractivity contribution in [2.75, 3.05) is 42.2 Å². The summed E-state index contributed by atoms with van der Waals surface area (Å²) in [5.74, 6) is -2.40. The molecule has 2 aromatic carbocycles. The zero-order valence-corrected chi connectivity index (χ0v) is 21.4. The van der Waals surface area contributed by atoms with Crippen LogP contribution in [-0.4, -0.2) is 52.6 Å². The average Bonchev–Trinajstić information content (AvgIpc) is 2.87. The largest absolute Gasteiger partial charge is 0.451 e. The van der Waals surface area contributed by atoms with E-state index in [9.17, 15) is 26.6 Å². The Kier molecular flexibility index (Phi) is 7.97. The Balaban J connectivity index is 1.66. The van der Waals surface area contributed by atoms with Gasteiger partial charge in [0.2, 0.25) is 5.82 Å². The van der Waals surface area contributed by atoms with Crippen LogP contribution in [0.25, 0.3) is 17.0 Å². The quantitative estimate of drug-likeness (QED) is 0.421. The van der Waals surface area contributed by atoms with Crippen molar-refractivity contribution in [2.45, 2.75) is 19.1 Å². The molecule has 13 heteroatoms. The molecule has 1 aromatic heterocycles. The Morgan fingerprint density at radius 3 is 2.55 bits per heavy atom. The number of aromatic nitrogens is 2. The third kappa shape index (κ3) is 5.94. The number of hydrogen-bond acceptors (Lipinski definition) is 6. The van der Waals surface area contributed by atoms with Crippen LogP contribution in [0, 0.1) is 5.82 Å². The molecule has 2 heterocycles. The highest BCUT2D eigenvalue weighted by Crippen LogP contribution is 2.33. The van der Waals surface area contributed by atoms with Gasteiger partial charge in [0, 0.05) is 35.9 Å². The Bertz CT molecular complexity index is 1410. The van der Waals surface area contributed by atoms with Gasteiger partial charge in [-0.1, -0.05) is 12.7 Å². The second-order valence-corrected chi connectivity index (χ2v) is 9.73. The predicted molar refractivity (Wildman–Crippen MR) is 138 cm³/mol. The summed E-state index contributed by atoms with van der Waals surface area (Å²) in [5.41, 5.74) is 1.15. The molecule has 8 nitrogen and oxygen atoms in total. The predicted octanol–water partition coefficient (Wildman–Crippen LogP) is 4.46. The van der Waals surface area contributed by atoms with Crippen molar-refractivity contribution >= 4 is 45.4 Å². The molecule has 202 valence electrons. The molecule has 1 aliphatic heterocycles. The number of morpholine rings is 1. The van der Waals surface area contributed by atoms with Gasteiger partial charge in [0.25, 0.3) is 5.91 Å². The third-order valence-corrected chi connectivity index (χ3v) is 6.47. The minimum Gasteiger partial charge on any atom is -0.378 e. The average molecular weight is 552 g/mol. The molecule has 2 N–H and O–H groups in total. The molecule has 1 aliphatic rings. The lowest BCUT2D eigenvalue weighted by atomic mass is 10.0. The topological polar surface area (TPSA) is 96.5 Å². The van der Waals surface area contributed by atoms with Crippen LogP contribution in [0.3, 0.4) is 0 Å². The Morgan fingerprint density at radius 2 is 1.92 bits per heavy atom. The van der Waals surface area contributed by atoms with Gasteiger partial charge < -0.3 is 19.7 Å². The van der Waals surface area contributed by atoms with Crippen molar-refractivity contribution in [3.05, 3.63) is 65.2 Å². The maximum atomic E-state index is 14.9. The van der Waals surface area contributed by atoms with Crippen LogP contribution in [-0.2, 0) is 21.9 Å². The first-order valence-corrected chi connectivity index (χ1v) is 13.1. The summed E-state index contributed by atoms with van der Waals surface area (Å²) < 4.78 is 74.7. The van der Waals surface area contributed by atoms with Crippen LogP contribution in [0.4, 0.5) is 29.1 Å². The summed E-state index contributed by atoms with van der Waals surface area (Å²) in [4.78, 5) is 22.2. The minimum atomic E-state index is -4.74. The summed E-state index contributed by atoms with van der Waals surface area (Å²) in [6, 6.07) is 6.01. The zero-order chi connectivity index (χ0) is 27.6. The molecule has 0 spiro atoms. The molecule has 2 atom stereocenters. The first kappa shape index (κ1) is 27.5. The molecule has 0 aliphatic carbocycles. The number of hydrogen-bond donors (Lipinski definition) is 2. The van der Waals surface area contributed by atoms with Gasteiger partial charge in [-0.25, -0.2) is 18.6 Å². The van der Waals surface area contributed by atoms with Crippen molar-refractivity contribution in [1.82, 2.24) is 15.3 Å². The molecule has 1 unspecified atom stereocenters. The van der Waals surface area contributed by atoms with Gasteiger partial charge in [-0.15, -0.1) is 0 Å². The number of carbonyl (C=O) groups is 1. The lowest BCUT2D eigenvalue weighted by molar-refractivity contribution is -0.144. The fraction of sp³-hybridized carbons (Fsp3) is 0.320. The van der Waals surface area contributed by atoms with Gasteiger partial charge in [0.05, 0.1) is 30.5 Å². The highest BCUT2D eigenvalue weighted by Gasteiger charge is 2.36. The van der Waals surface area contributed by atoms with Crippen LogP contribution >= 0.6 is 0 Å². The number of halogens is 4. The van der Waals surface area contributed by atoms with Crippen LogP contribution in [0.15, 0.2) is 36.9 Å². The van der Waals surface area contributed by atoms with Crippen molar-refractivity contribution < 1.29 is 31.3 Å². The normalized spacial score (nSPS) is 15.7. The van der Waals surface area contributed by atoms with Gasteiger partial charge in [0.1, 0.15) is 22.6 Å². The highest BCUT2D eigenvalue weighted by molar-refractivity contribution is 7.85. The van der Waals surface area contributed by atoms with Crippen LogP contribution in [0.1, 0.15) is 40.3 Å². The Labute approximate surface area is 218 Å². The number of amides is 1. The third-order valence-electron chi connectivity index (χ3n) is 5.96. The van der Waals surface area contributed by atoms with E-state index in [4.69, 9.17) is 4.74 Å². The number of benzene rings is 2. The fourth-order valence-corrected chi connectivity index (χ4v) is 4.59. The summed E-state index contributed by atoms with van der Waals surface area (Å²) in [5, 5.41) is 3.00. The number of rotatable bonds is 7. The highest BCUT2D eigenvalue weighted by atomic mass is 32.2. The first-order chi connectivity index (χ1) is 18.0. The molecule has 0 saturated carbocycles. The zero-order valence-electron chi connectivity index (χ0n) is 20.6. The van der Waals surface area contributed by atoms with E-state index in [1.165, 1.54) is 42.7 Å². The maximum absolute atomic E-state index is 14.9. The van der Waals surface area contributed by atoms with Crippen LogP contribution < -0.4 is 14.9 Å². The van der Waals surface area contributed by atoms with Gasteiger partial charge in [0.15, 0.2) is 0 Å². The second-order valence-electron chi connectivity index (χ2n) is 8.62. The van der Waals surface area contributed by atoms with E-state index < -0.39 is 40.8 Å². The molecular formula is C25H25F4N5O3S. The number of ether oxygens (including phenoxy) is 1. The van der Waals surface area contributed by atoms with Crippen molar-refractivity contribution in [2.24, 2.45) is 0 Å². The number of carbonyl (C=O) groups excluding carboxylic acids is 1. The summed E-state index contributed by atoms with van der Waals surface area (Å²) in [6.45, 7) is 6.59. The van der Waals surface area contributed by atoms with E-state index in [0.29, 0.717) is 37.6 Å². The summed E-state index contributed by atoms with van der Waals surface area (Å²) in [6.07, 6.45) is -1.87. The first-order valence-electron chi connectivity index (χ1n) is 11.6. The second kappa shape index (κ2) is 11.0. The molecule has 0 radical (unpaired) electrons. The number of anilines is 2. The SMILES string of the molecule is C=Cc1cc([C@@H](C)NC(=O)c2ccc3nc(C(F)(F)F)nc(N4CCOCC4)c3c2)c(F)cc1NS(C)=O. The van der Waals surface area contributed by atoms with Gasteiger partial charge in [-0.05, 0) is 42.8 Å². The van der Waals surface area contributed by atoms with E-state index in [-0.39, 0.29) is 27.8 Å².